The Labute approximate surface area is 101 Å². The first-order valence-corrected chi connectivity index (χ1v) is 5.39. The largest absolute Gasteiger partial charge is 0.495 e. The number of aromatic nitrogens is 1. The molecule has 0 amide bonds. The summed E-state index contributed by atoms with van der Waals surface area (Å²) in [5.41, 5.74) is -0.160. The zero-order valence-corrected chi connectivity index (χ0v) is 10.8. The fourth-order valence-electron chi connectivity index (χ4n) is 0.825. The molecular formula is C7H5F2I2NO. The molecular weight excluding hydrogens is 406 g/mol. The van der Waals surface area contributed by atoms with Crippen molar-refractivity contribution in [3.8, 4) is 5.75 Å². The number of alkyl halides is 2. The van der Waals surface area contributed by atoms with Crippen molar-refractivity contribution < 1.29 is 13.5 Å². The van der Waals surface area contributed by atoms with Crippen LogP contribution in [0.3, 0.4) is 0 Å². The van der Waals surface area contributed by atoms with Crippen LogP contribution in [0.5, 0.6) is 5.75 Å². The summed E-state index contributed by atoms with van der Waals surface area (Å²) in [6.07, 6.45) is -1.40. The van der Waals surface area contributed by atoms with Gasteiger partial charge in [0.25, 0.3) is 6.43 Å². The molecule has 0 bridgehead atoms. The van der Waals surface area contributed by atoms with E-state index in [0.29, 0.717) is 7.27 Å². The molecule has 2 nitrogen and oxygen atoms in total. The van der Waals surface area contributed by atoms with Gasteiger partial charge in [0, 0.05) is 6.20 Å². The smallest absolute Gasteiger partial charge is 0.268 e. The molecule has 1 heterocycles. The summed E-state index contributed by atoms with van der Waals surface area (Å²) in [4.78, 5) is 3.83. The molecule has 0 fully saturated rings. The van der Waals surface area contributed by atoms with Crippen LogP contribution in [0.25, 0.3) is 0 Å². The maximum atomic E-state index is 12.4. The first kappa shape index (κ1) is 11.3. The Bertz CT molecular complexity index is 320. The molecule has 0 aromatic carbocycles. The molecule has 0 radical (unpaired) electrons. The van der Waals surface area contributed by atoms with Crippen molar-refractivity contribution in [2.24, 2.45) is 0 Å². The Morgan fingerprint density at radius 1 is 1.46 bits per heavy atom. The quantitative estimate of drug-likeness (QED) is 0.551. The lowest BCUT2D eigenvalue weighted by Gasteiger charge is -2.09. The van der Waals surface area contributed by atoms with E-state index in [2.05, 4.69) is 4.98 Å². The highest BCUT2D eigenvalue weighted by molar-refractivity contribution is 14.1. The van der Waals surface area contributed by atoms with Crippen molar-refractivity contribution in [2.45, 2.75) is 6.43 Å². The van der Waals surface area contributed by atoms with Gasteiger partial charge in [0.2, 0.25) is 0 Å². The van der Waals surface area contributed by atoms with Gasteiger partial charge in [0.05, 0.1) is 16.2 Å². The molecule has 1 rings (SSSR count). The number of pyridine rings is 1. The topological polar surface area (TPSA) is 22.1 Å². The van der Waals surface area contributed by atoms with Gasteiger partial charge in [-0.3, -0.25) is 0 Å². The standard InChI is InChI=1S/C7H5F2I2NO/c1-13-5-3(6(8)9)2-12-7(11)4(5)10/h2,6H,1H3. The van der Waals surface area contributed by atoms with E-state index in [1.54, 1.807) is 0 Å². The van der Waals surface area contributed by atoms with Crippen molar-refractivity contribution in [2.75, 3.05) is 7.11 Å². The van der Waals surface area contributed by atoms with Crippen LogP contribution >= 0.6 is 45.2 Å². The maximum Gasteiger partial charge on any atom is 0.268 e. The fraction of sp³-hybridized carbons (Fsp3) is 0.286. The fourth-order valence-corrected chi connectivity index (χ4v) is 1.88. The first-order chi connectivity index (χ1) is 6.07. The predicted octanol–water partition coefficient (Wildman–Crippen LogP) is 3.24. The molecule has 0 atom stereocenters. The van der Waals surface area contributed by atoms with Gasteiger partial charge in [0.1, 0.15) is 9.45 Å². The molecule has 0 aliphatic carbocycles. The van der Waals surface area contributed by atoms with Gasteiger partial charge in [-0.05, 0) is 45.2 Å². The Hall–Kier alpha value is 0.270. The van der Waals surface area contributed by atoms with Crippen molar-refractivity contribution >= 4 is 45.2 Å². The van der Waals surface area contributed by atoms with Crippen LogP contribution < -0.4 is 4.74 Å². The Kier molecular flexibility index (Phi) is 4.07. The zero-order valence-electron chi connectivity index (χ0n) is 6.52. The van der Waals surface area contributed by atoms with E-state index in [4.69, 9.17) is 4.74 Å². The number of halogens is 4. The summed E-state index contributed by atoms with van der Waals surface area (Å²) in [6.45, 7) is 0. The van der Waals surface area contributed by atoms with E-state index in [1.807, 2.05) is 45.2 Å². The predicted molar refractivity (Wildman–Crippen MR) is 61.2 cm³/mol. The SMILES string of the molecule is COc1c(C(F)F)cnc(I)c1I. The van der Waals surface area contributed by atoms with Crippen LogP contribution in [0.15, 0.2) is 6.20 Å². The molecule has 0 aliphatic heterocycles. The van der Waals surface area contributed by atoms with Crippen LogP contribution in [0, 0.1) is 7.27 Å². The summed E-state index contributed by atoms with van der Waals surface area (Å²) in [7, 11) is 1.37. The number of ether oxygens (including phenoxy) is 1. The third-order valence-electron chi connectivity index (χ3n) is 1.40. The summed E-state index contributed by atoms with van der Waals surface area (Å²) >= 11 is 3.91. The number of methoxy groups -OCH3 is 1. The van der Waals surface area contributed by atoms with Crippen molar-refractivity contribution in [3.63, 3.8) is 0 Å². The van der Waals surface area contributed by atoms with Gasteiger partial charge in [-0.1, -0.05) is 0 Å². The van der Waals surface area contributed by atoms with Crippen LogP contribution in [0.1, 0.15) is 12.0 Å². The normalized spacial score (nSPS) is 10.6. The van der Waals surface area contributed by atoms with E-state index >= 15 is 0 Å². The average molecular weight is 411 g/mol. The highest BCUT2D eigenvalue weighted by Crippen LogP contribution is 2.33. The van der Waals surface area contributed by atoms with Gasteiger partial charge in [-0.25, -0.2) is 13.8 Å². The number of rotatable bonds is 2. The van der Waals surface area contributed by atoms with Crippen molar-refractivity contribution in [1.82, 2.24) is 4.98 Å². The average Bonchev–Trinajstić information content (AvgIpc) is 2.09. The minimum Gasteiger partial charge on any atom is -0.495 e. The zero-order chi connectivity index (χ0) is 10.0. The lowest BCUT2D eigenvalue weighted by molar-refractivity contribution is 0.146. The molecule has 1 aromatic heterocycles. The van der Waals surface area contributed by atoms with Gasteiger partial charge in [-0.15, -0.1) is 0 Å². The second-order valence-electron chi connectivity index (χ2n) is 2.15. The minimum absolute atomic E-state index is 0.160. The molecule has 13 heavy (non-hydrogen) atoms. The van der Waals surface area contributed by atoms with Crippen LogP contribution in [0.2, 0.25) is 0 Å². The van der Waals surface area contributed by atoms with Gasteiger partial charge in [-0.2, -0.15) is 0 Å². The van der Waals surface area contributed by atoms with Crippen molar-refractivity contribution in [3.05, 3.63) is 19.0 Å². The second kappa shape index (κ2) is 4.67. The van der Waals surface area contributed by atoms with Crippen LogP contribution in [-0.2, 0) is 0 Å². The van der Waals surface area contributed by atoms with E-state index in [9.17, 15) is 8.78 Å². The molecule has 6 heteroatoms. The Morgan fingerprint density at radius 2 is 2.08 bits per heavy atom. The molecule has 0 saturated heterocycles. The molecule has 0 N–H and O–H groups in total. The molecule has 0 aliphatic rings. The lowest BCUT2D eigenvalue weighted by Crippen LogP contribution is -1.99. The summed E-state index contributed by atoms with van der Waals surface area (Å²) in [5.74, 6) is 0.218. The van der Waals surface area contributed by atoms with Crippen molar-refractivity contribution in [1.29, 1.82) is 0 Å². The van der Waals surface area contributed by atoms with Gasteiger partial charge in [0.15, 0.2) is 0 Å². The van der Waals surface area contributed by atoms with E-state index in [0.717, 1.165) is 6.20 Å². The minimum atomic E-state index is -2.55. The second-order valence-corrected chi connectivity index (χ2v) is 4.25. The molecule has 0 saturated carbocycles. The summed E-state index contributed by atoms with van der Waals surface area (Å²) < 4.78 is 31.0. The third-order valence-corrected chi connectivity index (χ3v) is 4.25. The molecule has 72 valence electrons. The van der Waals surface area contributed by atoms with E-state index in [1.165, 1.54) is 7.11 Å². The van der Waals surface area contributed by atoms with E-state index in [-0.39, 0.29) is 11.3 Å². The molecule has 0 spiro atoms. The highest BCUT2D eigenvalue weighted by atomic mass is 127. The van der Waals surface area contributed by atoms with Crippen LogP contribution in [-0.4, -0.2) is 12.1 Å². The monoisotopic (exact) mass is 411 g/mol. The number of nitrogens with zero attached hydrogens (tertiary/aromatic N) is 1. The number of hydrogen-bond donors (Lipinski definition) is 0. The number of hydrogen-bond acceptors (Lipinski definition) is 2. The van der Waals surface area contributed by atoms with E-state index < -0.39 is 6.43 Å². The van der Waals surface area contributed by atoms with Crippen LogP contribution in [0.4, 0.5) is 8.78 Å². The summed E-state index contributed by atoms with van der Waals surface area (Å²) in [5, 5.41) is 0. The first-order valence-electron chi connectivity index (χ1n) is 3.24. The molecule has 0 unspecified atom stereocenters. The maximum absolute atomic E-state index is 12.4. The Balaban J connectivity index is 3.30. The Morgan fingerprint density at radius 3 is 2.54 bits per heavy atom. The molecule has 1 aromatic rings. The summed E-state index contributed by atoms with van der Waals surface area (Å²) in [6, 6.07) is 0. The lowest BCUT2D eigenvalue weighted by atomic mass is 10.3. The van der Waals surface area contributed by atoms with Gasteiger partial charge >= 0.3 is 0 Å². The third kappa shape index (κ3) is 2.39. The highest BCUT2D eigenvalue weighted by Gasteiger charge is 2.18. The van der Waals surface area contributed by atoms with Gasteiger partial charge < -0.3 is 4.74 Å².